The summed E-state index contributed by atoms with van der Waals surface area (Å²) >= 11 is 5.54. The molecule has 0 radical (unpaired) electrons. The van der Waals surface area contributed by atoms with Gasteiger partial charge in [0.15, 0.2) is 5.11 Å². The summed E-state index contributed by atoms with van der Waals surface area (Å²) in [5, 5.41) is 10.6. The summed E-state index contributed by atoms with van der Waals surface area (Å²) in [6.45, 7) is 2.10. The topological polar surface area (TPSA) is 53.2 Å². The van der Waals surface area contributed by atoms with Gasteiger partial charge in [0.1, 0.15) is 0 Å². The first-order valence-corrected chi connectivity index (χ1v) is 10.0. The smallest absolute Gasteiger partial charge is 0.251 e. The molecule has 4 nitrogen and oxygen atoms in total. The molecule has 2 aromatic carbocycles. The van der Waals surface area contributed by atoms with Crippen LogP contribution in [-0.4, -0.2) is 23.1 Å². The highest BCUT2D eigenvalue weighted by Crippen LogP contribution is 2.19. The van der Waals surface area contributed by atoms with Crippen molar-refractivity contribution < 1.29 is 4.79 Å². The van der Waals surface area contributed by atoms with E-state index < -0.39 is 0 Å². The van der Waals surface area contributed by atoms with Gasteiger partial charge in [0, 0.05) is 17.6 Å². The molecule has 0 bridgehead atoms. The van der Waals surface area contributed by atoms with Gasteiger partial charge in [0.2, 0.25) is 0 Å². The maximum Gasteiger partial charge on any atom is 0.251 e. The summed E-state index contributed by atoms with van der Waals surface area (Å²) in [5.41, 5.74) is 1.89. The normalized spacial score (nSPS) is 20.3. The number of carbonyl (C=O) groups excluding carboxylic acids is 1. The molecule has 1 saturated carbocycles. The van der Waals surface area contributed by atoms with Crippen LogP contribution in [0.25, 0.3) is 0 Å². The van der Waals surface area contributed by atoms with Crippen molar-refractivity contribution in [1.82, 2.24) is 16.0 Å². The van der Waals surface area contributed by atoms with E-state index >= 15 is 0 Å². The molecule has 1 fully saturated rings. The molecule has 142 valence electrons. The summed E-state index contributed by atoms with van der Waals surface area (Å²) in [6.07, 6.45) is 4.24. The Bertz CT molecular complexity index is 751. The molecular formula is C22H27N3OS. The predicted molar refractivity (Wildman–Crippen MR) is 114 cm³/mol. The highest BCUT2D eigenvalue weighted by molar-refractivity contribution is 7.80. The van der Waals surface area contributed by atoms with Gasteiger partial charge in [-0.3, -0.25) is 4.79 Å². The van der Waals surface area contributed by atoms with Gasteiger partial charge in [0.25, 0.3) is 5.91 Å². The molecule has 3 N–H and O–H groups in total. The second-order valence-electron chi connectivity index (χ2n) is 7.09. The Labute approximate surface area is 166 Å². The molecule has 0 heterocycles. The largest absolute Gasteiger partial charge is 0.358 e. The number of nitrogens with one attached hydrogen (secondary N) is 3. The molecule has 1 aliphatic rings. The van der Waals surface area contributed by atoms with Crippen LogP contribution in [0.2, 0.25) is 0 Å². The Hall–Kier alpha value is -2.40. The fourth-order valence-corrected chi connectivity index (χ4v) is 3.88. The van der Waals surface area contributed by atoms with E-state index in [9.17, 15) is 4.79 Å². The van der Waals surface area contributed by atoms with Crippen molar-refractivity contribution >= 4 is 23.2 Å². The van der Waals surface area contributed by atoms with Crippen molar-refractivity contribution in [2.45, 2.75) is 50.7 Å². The molecule has 1 aliphatic carbocycles. The van der Waals surface area contributed by atoms with E-state index in [1.54, 1.807) is 0 Å². The van der Waals surface area contributed by atoms with Gasteiger partial charge in [0.05, 0.1) is 6.04 Å². The van der Waals surface area contributed by atoms with Crippen LogP contribution in [-0.2, 0) is 0 Å². The molecule has 5 heteroatoms. The predicted octanol–water partition coefficient (Wildman–Crippen LogP) is 3.95. The third-order valence-electron chi connectivity index (χ3n) is 5.08. The molecular weight excluding hydrogens is 354 g/mol. The van der Waals surface area contributed by atoms with E-state index in [0.717, 1.165) is 25.7 Å². The van der Waals surface area contributed by atoms with Crippen LogP contribution in [0, 0.1) is 0 Å². The summed E-state index contributed by atoms with van der Waals surface area (Å²) < 4.78 is 0. The molecule has 0 saturated heterocycles. The third-order valence-corrected chi connectivity index (χ3v) is 5.32. The fourth-order valence-electron chi connectivity index (χ4n) is 3.55. The van der Waals surface area contributed by atoms with E-state index in [-0.39, 0.29) is 24.0 Å². The van der Waals surface area contributed by atoms with E-state index in [4.69, 9.17) is 12.2 Å². The summed E-state index contributed by atoms with van der Waals surface area (Å²) in [7, 11) is 0. The minimum absolute atomic E-state index is 0.0224. The molecule has 2 aromatic rings. The highest BCUT2D eigenvalue weighted by atomic mass is 32.1. The van der Waals surface area contributed by atoms with E-state index in [1.807, 2.05) is 48.5 Å². The fraction of sp³-hybridized carbons (Fsp3) is 0.364. The first-order chi connectivity index (χ1) is 13.1. The van der Waals surface area contributed by atoms with Crippen LogP contribution in [0.3, 0.4) is 0 Å². The van der Waals surface area contributed by atoms with Crippen LogP contribution < -0.4 is 16.0 Å². The Kier molecular flexibility index (Phi) is 6.82. The van der Waals surface area contributed by atoms with E-state index in [2.05, 4.69) is 35.0 Å². The zero-order valence-electron chi connectivity index (χ0n) is 15.7. The van der Waals surface area contributed by atoms with Crippen molar-refractivity contribution in [2.75, 3.05) is 0 Å². The lowest BCUT2D eigenvalue weighted by Crippen LogP contribution is -2.55. The number of hydrogen-bond donors (Lipinski definition) is 3. The molecule has 0 unspecified atom stereocenters. The average molecular weight is 382 g/mol. The molecule has 0 aromatic heterocycles. The van der Waals surface area contributed by atoms with E-state index in [0.29, 0.717) is 10.7 Å². The molecule has 27 heavy (non-hydrogen) atoms. The van der Waals surface area contributed by atoms with Crippen LogP contribution in [0.4, 0.5) is 0 Å². The molecule has 0 spiro atoms. The van der Waals surface area contributed by atoms with Crippen molar-refractivity contribution in [2.24, 2.45) is 0 Å². The van der Waals surface area contributed by atoms with Gasteiger partial charge in [-0.15, -0.1) is 0 Å². The Morgan fingerprint density at radius 2 is 1.48 bits per heavy atom. The third kappa shape index (κ3) is 5.54. The number of rotatable bonds is 5. The van der Waals surface area contributed by atoms with Crippen molar-refractivity contribution in [1.29, 1.82) is 0 Å². The summed E-state index contributed by atoms with van der Waals surface area (Å²) in [5.74, 6) is -0.0224. The Balaban J connectivity index is 1.57. The average Bonchev–Trinajstić information content (AvgIpc) is 2.70. The standard InChI is InChI=1S/C22H27N3OS/c1-16(17-10-4-2-5-11-17)23-22(27)25-20-15-9-8-14-19(20)24-21(26)18-12-6-3-7-13-18/h2-7,10-13,16,19-20H,8-9,14-15H2,1H3,(H,24,26)(H2,23,25,27)/t16-,19+,20+/m0/s1. The summed E-state index contributed by atoms with van der Waals surface area (Å²) in [4.78, 5) is 12.5. The second-order valence-corrected chi connectivity index (χ2v) is 7.50. The minimum Gasteiger partial charge on any atom is -0.358 e. The highest BCUT2D eigenvalue weighted by Gasteiger charge is 2.27. The van der Waals surface area contributed by atoms with Crippen LogP contribution >= 0.6 is 12.2 Å². The number of amides is 1. The van der Waals surface area contributed by atoms with E-state index in [1.165, 1.54) is 5.56 Å². The van der Waals surface area contributed by atoms with Crippen molar-refractivity contribution in [3.05, 3.63) is 71.8 Å². The van der Waals surface area contributed by atoms with Gasteiger partial charge in [-0.1, -0.05) is 61.4 Å². The SMILES string of the molecule is C[C@H](NC(=S)N[C@@H]1CCCC[C@H]1NC(=O)c1ccccc1)c1ccccc1. The summed E-state index contributed by atoms with van der Waals surface area (Å²) in [6, 6.07) is 20.0. The number of carbonyl (C=O) groups is 1. The molecule has 3 rings (SSSR count). The monoisotopic (exact) mass is 381 g/mol. The Morgan fingerprint density at radius 1 is 0.926 bits per heavy atom. The van der Waals surface area contributed by atoms with Crippen LogP contribution in [0.5, 0.6) is 0 Å². The lowest BCUT2D eigenvalue weighted by atomic mass is 9.90. The maximum atomic E-state index is 12.5. The Morgan fingerprint density at radius 3 is 2.11 bits per heavy atom. The van der Waals surface area contributed by atoms with Crippen LogP contribution in [0.15, 0.2) is 60.7 Å². The molecule has 3 atom stereocenters. The number of hydrogen-bond acceptors (Lipinski definition) is 2. The first-order valence-electron chi connectivity index (χ1n) is 9.61. The maximum absolute atomic E-state index is 12.5. The van der Waals surface area contributed by atoms with Crippen LogP contribution in [0.1, 0.15) is 54.6 Å². The number of thiocarbonyl (C=S) groups is 1. The zero-order valence-corrected chi connectivity index (χ0v) is 16.5. The van der Waals surface area contributed by atoms with Gasteiger partial charge in [-0.25, -0.2) is 0 Å². The van der Waals surface area contributed by atoms with Gasteiger partial charge < -0.3 is 16.0 Å². The molecule has 0 aliphatic heterocycles. The van der Waals surface area contributed by atoms with Crippen molar-refractivity contribution in [3.63, 3.8) is 0 Å². The first kappa shape index (κ1) is 19.4. The second kappa shape index (κ2) is 9.51. The van der Waals surface area contributed by atoms with Gasteiger partial charge in [-0.05, 0) is 49.7 Å². The minimum atomic E-state index is -0.0224. The van der Waals surface area contributed by atoms with Gasteiger partial charge >= 0.3 is 0 Å². The zero-order chi connectivity index (χ0) is 19.1. The van der Waals surface area contributed by atoms with Gasteiger partial charge in [-0.2, -0.15) is 0 Å². The lowest BCUT2D eigenvalue weighted by Gasteiger charge is -2.34. The lowest BCUT2D eigenvalue weighted by molar-refractivity contribution is 0.0918. The molecule has 1 amide bonds. The quantitative estimate of drug-likeness (QED) is 0.687. The number of benzene rings is 2. The van der Waals surface area contributed by atoms with Crippen molar-refractivity contribution in [3.8, 4) is 0 Å².